The van der Waals surface area contributed by atoms with Gasteiger partial charge in [-0.2, -0.15) is 18.3 Å². The Balaban J connectivity index is 1.73. The van der Waals surface area contributed by atoms with E-state index in [-0.39, 0.29) is 50.3 Å². The van der Waals surface area contributed by atoms with Gasteiger partial charge in [-0.15, -0.1) is 13.2 Å². The number of aliphatic hydroxyl groups is 1. The number of nitrogens with zero attached hydrogens (tertiary/aromatic N) is 4. The molecule has 2 aromatic carbocycles. The van der Waals surface area contributed by atoms with Gasteiger partial charge in [0.2, 0.25) is 0 Å². The molecule has 9 nitrogen and oxygen atoms in total. The molecule has 5 aromatic rings. The minimum Gasteiger partial charge on any atom is -0.440 e. The summed E-state index contributed by atoms with van der Waals surface area (Å²) in [6.07, 6.45) is -6.62. The summed E-state index contributed by atoms with van der Waals surface area (Å²) in [6.45, 7) is 0.835. The average Bonchev–Trinajstić information content (AvgIpc) is 3.54. The van der Waals surface area contributed by atoms with Crippen molar-refractivity contribution < 1.29 is 49.0 Å². The minimum atomic E-state index is -4.92. The fourth-order valence-electron chi connectivity index (χ4n) is 4.46. The first-order valence-corrected chi connectivity index (χ1v) is 14.8. The van der Waals surface area contributed by atoms with Gasteiger partial charge in [-0.3, -0.25) is 4.98 Å². The van der Waals surface area contributed by atoms with Crippen molar-refractivity contribution in [2.75, 3.05) is 6.26 Å². The van der Waals surface area contributed by atoms with Crippen molar-refractivity contribution in [2.24, 2.45) is 0 Å². The van der Waals surface area contributed by atoms with Crippen molar-refractivity contribution in [1.82, 2.24) is 19.7 Å². The molecule has 17 heteroatoms. The highest BCUT2D eigenvalue weighted by atomic mass is 35.5. The first-order valence-electron chi connectivity index (χ1n) is 12.6. The number of benzene rings is 2. The number of aliphatic hydroxyl groups excluding tert-OH is 1. The molecule has 0 unspecified atom stereocenters. The number of aromatic nitrogens is 4. The fourth-order valence-corrected chi connectivity index (χ4v) is 5.58. The molecule has 45 heavy (non-hydrogen) atoms. The molecule has 0 aliphatic carbocycles. The van der Waals surface area contributed by atoms with Crippen LogP contribution in [0.1, 0.15) is 17.3 Å². The van der Waals surface area contributed by atoms with Crippen LogP contribution < -0.4 is 4.74 Å². The van der Waals surface area contributed by atoms with E-state index in [0.717, 1.165) is 29.3 Å². The molecule has 0 amide bonds. The highest BCUT2D eigenvalue weighted by Gasteiger charge is 2.37. The van der Waals surface area contributed by atoms with E-state index in [9.17, 15) is 39.9 Å². The van der Waals surface area contributed by atoms with Gasteiger partial charge in [0, 0.05) is 36.1 Å². The van der Waals surface area contributed by atoms with Gasteiger partial charge in [0.05, 0.1) is 34.1 Å². The maximum atomic E-state index is 13.6. The van der Waals surface area contributed by atoms with Crippen LogP contribution in [0.15, 0.2) is 70.2 Å². The number of oxazole rings is 1. The summed E-state index contributed by atoms with van der Waals surface area (Å²) < 4.78 is 114. The second-order valence-electron chi connectivity index (χ2n) is 9.58. The van der Waals surface area contributed by atoms with Gasteiger partial charge >= 0.3 is 12.5 Å². The Bertz CT molecular complexity index is 2010. The minimum absolute atomic E-state index is 0.00250. The largest absolute Gasteiger partial charge is 0.573 e. The quantitative estimate of drug-likeness (QED) is 0.183. The fraction of sp³-hybridized carbons (Fsp3) is 0.179. The Labute approximate surface area is 255 Å². The molecule has 1 N–H and O–H groups in total. The zero-order valence-electron chi connectivity index (χ0n) is 22.9. The predicted molar refractivity (Wildman–Crippen MR) is 148 cm³/mol. The molecule has 0 saturated heterocycles. The summed E-state index contributed by atoms with van der Waals surface area (Å²) in [5, 5.41) is 12.5. The molecule has 0 bridgehead atoms. The number of halogens is 7. The molecule has 5 rings (SSSR count). The Morgan fingerprint density at radius 3 is 2.24 bits per heavy atom. The number of hydrogen-bond acceptors (Lipinski definition) is 8. The lowest BCUT2D eigenvalue weighted by molar-refractivity contribution is -0.274. The highest BCUT2D eigenvalue weighted by Crippen LogP contribution is 2.41. The topological polar surface area (TPSA) is 120 Å². The third-order valence-corrected chi connectivity index (χ3v) is 7.76. The number of sulfone groups is 1. The van der Waals surface area contributed by atoms with Crippen molar-refractivity contribution in [3.63, 3.8) is 0 Å². The maximum Gasteiger partial charge on any atom is 0.573 e. The van der Waals surface area contributed by atoms with Crippen molar-refractivity contribution in [1.29, 1.82) is 0 Å². The summed E-state index contributed by atoms with van der Waals surface area (Å²) in [5.41, 5.74) is -0.308. The Morgan fingerprint density at radius 2 is 1.67 bits per heavy atom. The number of hydrogen-bond donors (Lipinski definition) is 1. The monoisotopic (exact) mass is 672 g/mol. The molecule has 3 aromatic heterocycles. The zero-order chi connectivity index (χ0) is 32.9. The summed E-state index contributed by atoms with van der Waals surface area (Å²) in [5.74, 6) is -0.394. The van der Waals surface area contributed by atoms with Crippen molar-refractivity contribution in [3.8, 4) is 45.1 Å². The number of alkyl halides is 6. The number of aryl methyl sites for hydroxylation is 1. The molecule has 0 aliphatic heterocycles. The lowest BCUT2D eigenvalue weighted by Crippen LogP contribution is -2.16. The molecule has 3 heterocycles. The van der Waals surface area contributed by atoms with Gasteiger partial charge in [0.1, 0.15) is 11.4 Å². The van der Waals surface area contributed by atoms with E-state index in [1.807, 2.05) is 0 Å². The molecule has 0 aliphatic rings. The zero-order valence-corrected chi connectivity index (χ0v) is 24.5. The van der Waals surface area contributed by atoms with E-state index < -0.39 is 45.4 Å². The second-order valence-corrected chi connectivity index (χ2v) is 12.0. The molecule has 0 fully saturated rings. The first kappa shape index (κ1) is 32.0. The van der Waals surface area contributed by atoms with Crippen LogP contribution in [0.2, 0.25) is 5.02 Å². The Morgan fingerprint density at radius 1 is 1.00 bits per heavy atom. The van der Waals surface area contributed by atoms with Gasteiger partial charge in [-0.05, 0) is 48.0 Å². The molecule has 236 valence electrons. The second kappa shape index (κ2) is 11.5. The third kappa shape index (κ3) is 6.82. The van der Waals surface area contributed by atoms with Crippen LogP contribution in [0.3, 0.4) is 0 Å². The van der Waals surface area contributed by atoms with Crippen LogP contribution in [0, 0.1) is 6.92 Å². The van der Waals surface area contributed by atoms with Crippen LogP contribution in [0.4, 0.5) is 26.3 Å². The molecular formula is C28H19ClF6N4O5S. The van der Waals surface area contributed by atoms with Gasteiger partial charge in [0.15, 0.2) is 27.2 Å². The van der Waals surface area contributed by atoms with Crippen LogP contribution >= 0.6 is 11.6 Å². The molecule has 0 saturated carbocycles. The number of ether oxygens (including phenoxy) is 1. The number of rotatable bonds is 7. The van der Waals surface area contributed by atoms with Crippen LogP contribution in [0.5, 0.6) is 5.75 Å². The molecule has 0 spiro atoms. The van der Waals surface area contributed by atoms with Crippen molar-refractivity contribution in [3.05, 3.63) is 83.2 Å². The summed E-state index contributed by atoms with van der Waals surface area (Å²) in [7, 11) is -3.83. The highest BCUT2D eigenvalue weighted by molar-refractivity contribution is 7.90. The first-order chi connectivity index (χ1) is 20.9. The van der Waals surface area contributed by atoms with Crippen molar-refractivity contribution in [2.45, 2.75) is 31.0 Å². The van der Waals surface area contributed by atoms with Crippen LogP contribution in [-0.2, 0) is 22.6 Å². The Hall–Kier alpha value is -4.41. The van der Waals surface area contributed by atoms with E-state index in [1.165, 1.54) is 49.5 Å². The lowest BCUT2D eigenvalue weighted by Gasteiger charge is -2.13. The van der Waals surface area contributed by atoms with Gasteiger partial charge < -0.3 is 14.3 Å². The van der Waals surface area contributed by atoms with E-state index in [2.05, 4.69) is 19.8 Å². The SMILES string of the molecule is Cc1nc(-c2ccc(OC(F)(F)F)cc2)c(-c2cc(-c3cnc(CO)c(S(C)(=O)=O)c3)ccc2-n2cc(Cl)c(C(F)(F)F)n2)o1. The van der Waals surface area contributed by atoms with Gasteiger partial charge in [-0.25, -0.2) is 18.1 Å². The van der Waals surface area contributed by atoms with E-state index in [1.54, 1.807) is 0 Å². The Kier molecular flexibility index (Phi) is 8.18. The molecule has 0 radical (unpaired) electrons. The van der Waals surface area contributed by atoms with Crippen LogP contribution in [-0.4, -0.2) is 45.9 Å². The standard InChI is InChI=1S/C28H19ClF6N4O5S/c1-14-37-24(15-3-6-18(7-4-15)44-28(33,34)35)25(43-14)19-9-16(17-10-23(45(2,41)42)21(13-40)36-11-17)5-8-22(19)39-12-20(29)26(38-39)27(30,31)32/h3-12,40H,13H2,1-2H3. The normalized spacial score (nSPS) is 12.5. The summed E-state index contributed by atoms with van der Waals surface area (Å²) in [4.78, 5) is 8.16. The summed E-state index contributed by atoms with van der Waals surface area (Å²) in [6, 6.07) is 10.3. The maximum absolute atomic E-state index is 13.6. The number of pyridine rings is 1. The summed E-state index contributed by atoms with van der Waals surface area (Å²) >= 11 is 5.87. The predicted octanol–water partition coefficient (Wildman–Crippen LogP) is 7.03. The van der Waals surface area contributed by atoms with E-state index >= 15 is 0 Å². The molecule has 0 atom stereocenters. The van der Waals surface area contributed by atoms with E-state index in [0.29, 0.717) is 5.56 Å². The van der Waals surface area contributed by atoms with E-state index in [4.69, 9.17) is 16.0 Å². The smallest absolute Gasteiger partial charge is 0.440 e. The third-order valence-electron chi connectivity index (χ3n) is 6.33. The van der Waals surface area contributed by atoms with Gasteiger partial charge in [-0.1, -0.05) is 17.7 Å². The van der Waals surface area contributed by atoms with Gasteiger partial charge in [0.25, 0.3) is 0 Å². The van der Waals surface area contributed by atoms with Crippen molar-refractivity contribution >= 4 is 21.4 Å². The van der Waals surface area contributed by atoms with Crippen LogP contribution in [0.25, 0.3) is 39.4 Å². The average molecular weight is 673 g/mol. The lowest BCUT2D eigenvalue weighted by atomic mass is 9.99. The molecular weight excluding hydrogens is 654 g/mol.